The van der Waals surface area contributed by atoms with Crippen LogP contribution in [0.15, 0.2) is 29.2 Å². The number of thioether (sulfide) groups is 1. The minimum atomic E-state index is 0.258. The Balaban J connectivity index is 1.81. The van der Waals surface area contributed by atoms with Gasteiger partial charge in [-0.2, -0.15) is 0 Å². The fourth-order valence-corrected chi connectivity index (χ4v) is 2.95. The average Bonchev–Trinajstić information content (AvgIpc) is 2.74. The molecule has 0 bridgehead atoms. The Morgan fingerprint density at radius 1 is 1.26 bits per heavy atom. The minimum absolute atomic E-state index is 0.258. The summed E-state index contributed by atoms with van der Waals surface area (Å²) in [6, 6.07) is 8.51. The van der Waals surface area contributed by atoms with Gasteiger partial charge in [0, 0.05) is 24.5 Å². The van der Waals surface area contributed by atoms with E-state index in [1.54, 1.807) is 11.8 Å². The Bertz CT molecular complexity index is 397. The van der Waals surface area contributed by atoms with Crippen molar-refractivity contribution in [2.24, 2.45) is 0 Å². The first-order valence-corrected chi connectivity index (χ1v) is 7.98. The van der Waals surface area contributed by atoms with Crippen LogP contribution in [0.25, 0.3) is 0 Å². The fraction of sp³-hybridized carbons (Fsp3) is 0.533. The highest BCUT2D eigenvalue weighted by atomic mass is 32.2. The van der Waals surface area contributed by atoms with Gasteiger partial charge in [0.2, 0.25) is 5.91 Å². The van der Waals surface area contributed by atoms with E-state index in [-0.39, 0.29) is 5.91 Å². The minimum Gasteiger partial charge on any atom is -0.341 e. The molecule has 1 aromatic carbocycles. The van der Waals surface area contributed by atoms with Crippen molar-refractivity contribution in [1.82, 2.24) is 10.2 Å². The lowest BCUT2D eigenvalue weighted by Gasteiger charge is -2.19. The van der Waals surface area contributed by atoms with E-state index in [9.17, 15) is 4.79 Å². The quantitative estimate of drug-likeness (QED) is 0.857. The van der Waals surface area contributed by atoms with Crippen LogP contribution in [0, 0.1) is 0 Å². The van der Waals surface area contributed by atoms with Crippen LogP contribution in [0.2, 0.25) is 0 Å². The molecule has 4 heteroatoms. The number of hydrogen-bond acceptors (Lipinski definition) is 3. The van der Waals surface area contributed by atoms with Gasteiger partial charge in [0.05, 0.1) is 5.75 Å². The largest absolute Gasteiger partial charge is 0.341 e. The summed E-state index contributed by atoms with van der Waals surface area (Å²) in [5.74, 6) is 0.805. The SMILES string of the molecule is CCc1ccc(SCC(=O)N2CCCNCC2)cc1. The summed E-state index contributed by atoms with van der Waals surface area (Å²) < 4.78 is 0. The second kappa shape index (κ2) is 7.56. The maximum Gasteiger partial charge on any atom is 0.232 e. The topological polar surface area (TPSA) is 32.3 Å². The first-order chi connectivity index (χ1) is 9.29. The molecule has 0 aliphatic carbocycles. The van der Waals surface area contributed by atoms with Crippen LogP contribution in [-0.4, -0.2) is 42.7 Å². The van der Waals surface area contributed by atoms with Gasteiger partial charge >= 0.3 is 0 Å². The van der Waals surface area contributed by atoms with Gasteiger partial charge in [0.25, 0.3) is 0 Å². The smallest absolute Gasteiger partial charge is 0.232 e. The zero-order valence-corrected chi connectivity index (χ0v) is 12.3. The van der Waals surface area contributed by atoms with Gasteiger partial charge in [-0.05, 0) is 37.1 Å². The first kappa shape index (κ1) is 14.4. The number of amides is 1. The van der Waals surface area contributed by atoms with Gasteiger partial charge in [-0.25, -0.2) is 0 Å². The number of rotatable bonds is 4. The normalized spacial score (nSPS) is 16.2. The molecule has 0 spiro atoms. The number of carbonyl (C=O) groups excluding carboxylic acids is 1. The van der Waals surface area contributed by atoms with Gasteiger partial charge in [-0.3, -0.25) is 4.79 Å². The third kappa shape index (κ3) is 4.55. The molecule has 3 nitrogen and oxygen atoms in total. The molecule has 0 radical (unpaired) electrons. The van der Waals surface area contributed by atoms with Gasteiger partial charge in [-0.1, -0.05) is 19.1 Å². The lowest BCUT2D eigenvalue weighted by molar-refractivity contribution is -0.128. The van der Waals surface area contributed by atoms with Crippen LogP contribution in [0.4, 0.5) is 0 Å². The van der Waals surface area contributed by atoms with E-state index < -0.39 is 0 Å². The van der Waals surface area contributed by atoms with Crippen molar-refractivity contribution < 1.29 is 4.79 Å². The molecule has 1 fully saturated rings. The number of nitrogens with one attached hydrogen (secondary N) is 1. The van der Waals surface area contributed by atoms with Crippen LogP contribution >= 0.6 is 11.8 Å². The zero-order valence-electron chi connectivity index (χ0n) is 11.5. The van der Waals surface area contributed by atoms with Gasteiger partial charge in [0.1, 0.15) is 0 Å². The van der Waals surface area contributed by atoms with Crippen molar-refractivity contribution >= 4 is 17.7 Å². The molecule has 0 atom stereocenters. The molecule has 0 unspecified atom stereocenters. The summed E-state index contributed by atoms with van der Waals surface area (Å²) in [6.45, 7) is 5.82. The molecule has 2 rings (SSSR count). The molecule has 1 aliphatic heterocycles. The molecule has 1 saturated heterocycles. The summed E-state index contributed by atoms with van der Waals surface area (Å²) in [6.07, 6.45) is 2.12. The Labute approximate surface area is 119 Å². The van der Waals surface area contributed by atoms with Crippen molar-refractivity contribution in [3.63, 3.8) is 0 Å². The fourth-order valence-electron chi connectivity index (χ4n) is 2.15. The van der Waals surface area contributed by atoms with Crippen molar-refractivity contribution in [3.8, 4) is 0 Å². The van der Waals surface area contributed by atoms with Gasteiger partial charge in [0.15, 0.2) is 0 Å². The number of nitrogens with zero attached hydrogens (tertiary/aromatic N) is 1. The van der Waals surface area contributed by atoms with Crippen LogP contribution in [0.5, 0.6) is 0 Å². The lowest BCUT2D eigenvalue weighted by Crippen LogP contribution is -2.35. The van der Waals surface area contributed by atoms with Crippen molar-refractivity contribution in [3.05, 3.63) is 29.8 Å². The number of carbonyl (C=O) groups is 1. The van der Waals surface area contributed by atoms with E-state index in [1.807, 2.05) is 4.90 Å². The first-order valence-electron chi connectivity index (χ1n) is 7.00. The summed E-state index contributed by atoms with van der Waals surface area (Å²) >= 11 is 1.64. The highest BCUT2D eigenvalue weighted by molar-refractivity contribution is 8.00. The van der Waals surface area contributed by atoms with E-state index in [0.717, 1.165) is 39.0 Å². The maximum atomic E-state index is 12.1. The third-order valence-corrected chi connectivity index (χ3v) is 4.38. The number of aryl methyl sites for hydroxylation is 1. The zero-order chi connectivity index (χ0) is 13.5. The predicted molar refractivity (Wildman–Crippen MR) is 80.6 cm³/mol. The predicted octanol–water partition coefficient (Wildman–Crippen LogP) is 2.16. The standard InChI is InChI=1S/C15H22N2OS/c1-2-13-4-6-14(7-5-13)19-12-15(18)17-10-3-8-16-9-11-17/h4-7,16H,2-3,8-12H2,1H3. The average molecular weight is 278 g/mol. The number of benzene rings is 1. The summed E-state index contributed by atoms with van der Waals surface area (Å²) in [5, 5.41) is 3.32. The molecule has 1 N–H and O–H groups in total. The molecule has 104 valence electrons. The molecule has 1 aliphatic rings. The Morgan fingerprint density at radius 2 is 2.05 bits per heavy atom. The summed E-state index contributed by atoms with van der Waals surface area (Å²) in [5.41, 5.74) is 1.34. The molecule has 1 heterocycles. The Kier molecular flexibility index (Phi) is 5.73. The molecule has 19 heavy (non-hydrogen) atoms. The van der Waals surface area contributed by atoms with Crippen molar-refractivity contribution in [1.29, 1.82) is 0 Å². The summed E-state index contributed by atoms with van der Waals surface area (Å²) in [7, 11) is 0. The molecule has 0 saturated carbocycles. The van der Waals surface area contributed by atoms with Crippen LogP contribution in [0.3, 0.4) is 0 Å². The monoisotopic (exact) mass is 278 g/mol. The molecular formula is C15H22N2OS. The van der Waals surface area contributed by atoms with E-state index in [0.29, 0.717) is 5.75 Å². The van der Waals surface area contributed by atoms with E-state index in [4.69, 9.17) is 0 Å². The third-order valence-electron chi connectivity index (χ3n) is 3.39. The van der Waals surface area contributed by atoms with E-state index >= 15 is 0 Å². The molecular weight excluding hydrogens is 256 g/mol. The second-order valence-corrected chi connectivity index (χ2v) is 5.82. The van der Waals surface area contributed by atoms with Crippen molar-refractivity contribution in [2.75, 3.05) is 31.9 Å². The number of hydrogen-bond donors (Lipinski definition) is 1. The van der Waals surface area contributed by atoms with Crippen LogP contribution in [-0.2, 0) is 11.2 Å². The van der Waals surface area contributed by atoms with Gasteiger partial charge in [-0.15, -0.1) is 11.8 Å². The molecule has 1 aromatic rings. The van der Waals surface area contributed by atoms with Crippen LogP contribution in [0.1, 0.15) is 18.9 Å². The maximum absolute atomic E-state index is 12.1. The van der Waals surface area contributed by atoms with Crippen molar-refractivity contribution in [2.45, 2.75) is 24.7 Å². The lowest BCUT2D eigenvalue weighted by atomic mass is 10.2. The highest BCUT2D eigenvalue weighted by Gasteiger charge is 2.15. The van der Waals surface area contributed by atoms with E-state index in [1.165, 1.54) is 10.5 Å². The molecule has 0 aromatic heterocycles. The van der Waals surface area contributed by atoms with Crippen LogP contribution < -0.4 is 5.32 Å². The molecule has 1 amide bonds. The summed E-state index contributed by atoms with van der Waals surface area (Å²) in [4.78, 5) is 15.3. The van der Waals surface area contributed by atoms with Gasteiger partial charge < -0.3 is 10.2 Å². The highest BCUT2D eigenvalue weighted by Crippen LogP contribution is 2.19. The second-order valence-electron chi connectivity index (χ2n) is 4.77. The Hall–Kier alpha value is -1.00. The Morgan fingerprint density at radius 3 is 2.79 bits per heavy atom. The van der Waals surface area contributed by atoms with E-state index in [2.05, 4.69) is 36.5 Å².